The summed E-state index contributed by atoms with van der Waals surface area (Å²) in [6, 6.07) is -4.42. The molecule has 49 heavy (non-hydrogen) atoms. The summed E-state index contributed by atoms with van der Waals surface area (Å²) in [5, 5.41) is 86.2. The van der Waals surface area contributed by atoms with Gasteiger partial charge in [0.05, 0.1) is 36.9 Å². The van der Waals surface area contributed by atoms with E-state index in [0.717, 1.165) is 0 Å². The van der Waals surface area contributed by atoms with E-state index in [1.165, 1.54) is 0 Å². The highest BCUT2D eigenvalue weighted by molar-refractivity contribution is 5.81. The van der Waals surface area contributed by atoms with E-state index in [4.69, 9.17) is 62.8 Å². The topological polar surface area (TPSA) is 402 Å². The number of hydrogen-bond donors (Lipinski definition) is 15. The molecule has 0 radical (unpaired) electrons. The summed E-state index contributed by atoms with van der Waals surface area (Å²) in [6.45, 7) is -1.42. The van der Waals surface area contributed by atoms with E-state index in [2.05, 4.69) is 5.32 Å². The fraction of sp³-hybridized carbons (Fsp3) is 0.963. The van der Waals surface area contributed by atoms with Crippen LogP contribution in [0.2, 0.25) is 0 Å². The Morgan fingerprint density at radius 1 is 0.714 bits per heavy atom. The van der Waals surface area contributed by atoms with Crippen LogP contribution < -0.4 is 39.7 Å². The third-order valence-corrected chi connectivity index (χ3v) is 9.38. The first-order chi connectivity index (χ1) is 23.2. The number of carbonyl (C=O) groups excluding carboxylic acids is 1. The summed E-state index contributed by atoms with van der Waals surface area (Å²) in [6.07, 6.45) is -22.6. The lowest BCUT2D eigenvalue weighted by molar-refractivity contribution is -0.296. The van der Waals surface area contributed by atoms with Gasteiger partial charge in [0.2, 0.25) is 0 Å². The Bertz CT molecular complexity index is 1060. The SMILES string of the molecule is NCC(O)C(O)C(=O)NC1CC(N)C(OC2OC(CN)C(O)CC2N)C(OC2OC(CO)C(OC3OC(CN)C(O)C(O)C3N)C2O)C1O. The molecule has 22 nitrogen and oxygen atoms in total. The normalized spacial score (nSPS) is 47.5. The zero-order valence-electron chi connectivity index (χ0n) is 26.7. The van der Waals surface area contributed by atoms with E-state index in [1.807, 2.05) is 0 Å². The molecule has 0 spiro atoms. The minimum atomic E-state index is -1.94. The lowest BCUT2D eigenvalue weighted by Gasteiger charge is -2.47. The van der Waals surface area contributed by atoms with Crippen molar-refractivity contribution in [3.05, 3.63) is 0 Å². The Hall–Kier alpha value is -1.33. The van der Waals surface area contributed by atoms with Gasteiger partial charge in [0, 0.05) is 25.7 Å². The maximum Gasteiger partial charge on any atom is 0.251 e. The number of carbonyl (C=O) groups is 1. The number of nitrogens with one attached hydrogen (secondary N) is 1. The number of nitrogens with two attached hydrogens (primary N) is 6. The fourth-order valence-electron chi connectivity index (χ4n) is 6.40. The molecule has 3 saturated heterocycles. The van der Waals surface area contributed by atoms with Gasteiger partial charge in [-0.2, -0.15) is 0 Å². The molecule has 22 heteroatoms. The molecule has 0 bridgehead atoms. The second-order valence-electron chi connectivity index (χ2n) is 12.9. The molecule has 0 aromatic carbocycles. The van der Waals surface area contributed by atoms with Gasteiger partial charge in [-0.25, -0.2) is 0 Å². The van der Waals surface area contributed by atoms with Gasteiger partial charge >= 0.3 is 0 Å². The molecule has 286 valence electrons. The van der Waals surface area contributed by atoms with Crippen molar-refractivity contribution < 1.29 is 74.1 Å². The summed E-state index contributed by atoms with van der Waals surface area (Å²) in [7, 11) is 0. The second-order valence-corrected chi connectivity index (χ2v) is 12.9. The van der Waals surface area contributed by atoms with Crippen molar-refractivity contribution in [1.29, 1.82) is 0 Å². The summed E-state index contributed by atoms with van der Waals surface area (Å²) in [5.74, 6) is -1.07. The van der Waals surface area contributed by atoms with Gasteiger partial charge < -0.3 is 109 Å². The van der Waals surface area contributed by atoms with E-state index in [0.29, 0.717) is 0 Å². The number of aliphatic hydroxyl groups is 8. The Balaban J connectivity index is 1.56. The zero-order valence-corrected chi connectivity index (χ0v) is 26.7. The van der Waals surface area contributed by atoms with Gasteiger partial charge in [0.25, 0.3) is 5.91 Å². The van der Waals surface area contributed by atoms with E-state index in [1.54, 1.807) is 0 Å². The van der Waals surface area contributed by atoms with Crippen molar-refractivity contribution in [3.8, 4) is 0 Å². The van der Waals surface area contributed by atoms with E-state index in [9.17, 15) is 45.6 Å². The monoisotopic (exact) mass is 715 g/mol. The predicted molar refractivity (Wildman–Crippen MR) is 162 cm³/mol. The van der Waals surface area contributed by atoms with Crippen molar-refractivity contribution in [2.45, 2.75) is 135 Å². The van der Waals surface area contributed by atoms with Crippen LogP contribution in [-0.2, 0) is 33.2 Å². The second kappa shape index (κ2) is 17.5. The molecule has 0 aromatic heterocycles. The molecule has 21 N–H and O–H groups in total. The summed E-state index contributed by atoms with van der Waals surface area (Å²) >= 11 is 0. The van der Waals surface area contributed by atoms with Gasteiger partial charge in [0.15, 0.2) is 25.0 Å². The van der Waals surface area contributed by atoms with Crippen LogP contribution in [0.5, 0.6) is 0 Å². The first-order valence-electron chi connectivity index (χ1n) is 16.1. The molecule has 20 atom stereocenters. The number of amides is 1. The molecule has 0 aromatic rings. The van der Waals surface area contributed by atoms with Crippen molar-refractivity contribution in [3.63, 3.8) is 0 Å². The minimum absolute atomic E-state index is 0.0480. The van der Waals surface area contributed by atoms with E-state index in [-0.39, 0.29) is 25.9 Å². The number of rotatable bonds is 13. The number of hydrogen-bond acceptors (Lipinski definition) is 21. The van der Waals surface area contributed by atoms with Gasteiger partial charge in [-0.3, -0.25) is 4.79 Å². The zero-order chi connectivity index (χ0) is 36.3. The Morgan fingerprint density at radius 2 is 1.31 bits per heavy atom. The lowest BCUT2D eigenvalue weighted by atomic mass is 9.83. The first kappa shape index (κ1) is 40.4. The van der Waals surface area contributed by atoms with Crippen LogP contribution in [-0.4, -0.2) is 195 Å². The molecule has 3 aliphatic heterocycles. The van der Waals surface area contributed by atoms with Gasteiger partial charge in [-0.15, -0.1) is 0 Å². The average molecular weight is 716 g/mol. The molecule has 1 aliphatic carbocycles. The Labute approximate surface area is 281 Å². The van der Waals surface area contributed by atoms with Crippen LogP contribution in [0, 0.1) is 0 Å². The maximum atomic E-state index is 12.7. The highest BCUT2D eigenvalue weighted by atomic mass is 16.8. The van der Waals surface area contributed by atoms with Crippen LogP contribution in [0.3, 0.4) is 0 Å². The van der Waals surface area contributed by atoms with Crippen molar-refractivity contribution in [2.24, 2.45) is 34.4 Å². The molecule has 1 saturated carbocycles. The van der Waals surface area contributed by atoms with Crippen LogP contribution in [0.25, 0.3) is 0 Å². The highest BCUT2D eigenvalue weighted by Gasteiger charge is 2.54. The maximum absolute atomic E-state index is 12.7. The van der Waals surface area contributed by atoms with Crippen LogP contribution in [0.1, 0.15) is 12.8 Å². The fourth-order valence-corrected chi connectivity index (χ4v) is 6.40. The average Bonchev–Trinajstić information content (AvgIpc) is 3.38. The van der Waals surface area contributed by atoms with E-state index < -0.39 is 141 Å². The third kappa shape index (κ3) is 8.83. The molecule has 20 unspecified atom stereocenters. The van der Waals surface area contributed by atoms with E-state index >= 15 is 0 Å². The minimum Gasteiger partial charge on any atom is -0.394 e. The standard InChI is InChI=1S/C27H53N7O15/c28-3-11(37)17(39)24(43)34-9-1-7(31)21(47-25-8(32)2-10(36)12(4-29)44-25)23(16(9)38)49-27-20(42)22(14(6-35)46-27)48-26-15(33)19(41)18(40)13(5-30)45-26/h7-23,25-27,35-42H,1-6,28-33H2,(H,34,43). The third-order valence-electron chi connectivity index (χ3n) is 9.38. The van der Waals surface area contributed by atoms with Gasteiger partial charge in [-0.1, -0.05) is 0 Å². The smallest absolute Gasteiger partial charge is 0.251 e. The van der Waals surface area contributed by atoms with Gasteiger partial charge in [0.1, 0.15) is 61.0 Å². The largest absolute Gasteiger partial charge is 0.394 e. The molecule has 3 heterocycles. The summed E-state index contributed by atoms with van der Waals surface area (Å²) in [5.41, 5.74) is 35.4. The number of aliphatic hydroxyl groups excluding tert-OH is 8. The first-order valence-corrected chi connectivity index (χ1v) is 16.1. The number of ether oxygens (including phenoxy) is 6. The quantitative estimate of drug-likeness (QED) is 0.0841. The molecule has 4 rings (SSSR count). The van der Waals surface area contributed by atoms with Gasteiger partial charge in [-0.05, 0) is 12.8 Å². The van der Waals surface area contributed by atoms with Crippen LogP contribution in [0.4, 0.5) is 0 Å². The molecule has 4 aliphatic rings. The Morgan fingerprint density at radius 3 is 1.92 bits per heavy atom. The predicted octanol–water partition coefficient (Wildman–Crippen LogP) is -10.0. The molecular weight excluding hydrogens is 662 g/mol. The van der Waals surface area contributed by atoms with Crippen molar-refractivity contribution in [1.82, 2.24) is 5.32 Å². The van der Waals surface area contributed by atoms with Crippen molar-refractivity contribution >= 4 is 5.91 Å². The molecule has 4 fully saturated rings. The van der Waals surface area contributed by atoms with Crippen LogP contribution in [0.15, 0.2) is 0 Å². The summed E-state index contributed by atoms with van der Waals surface area (Å²) < 4.78 is 35.1. The molecule has 1 amide bonds. The highest BCUT2D eigenvalue weighted by Crippen LogP contribution is 2.34. The van der Waals surface area contributed by atoms with Crippen LogP contribution >= 0.6 is 0 Å². The van der Waals surface area contributed by atoms with Crippen molar-refractivity contribution in [2.75, 3.05) is 26.2 Å². The Kier molecular flexibility index (Phi) is 14.4. The lowest BCUT2D eigenvalue weighted by Crippen LogP contribution is -2.67. The molecular formula is C27H53N7O15. The summed E-state index contributed by atoms with van der Waals surface area (Å²) in [4.78, 5) is 12.7.